The number of thioether (sulfide) groups is 1. The summed E-state index contributed by atoms with van der Waals surface area (Å²) in [5.74, 6) is 1.69. The summed E-state index contributed by atoms with van der Waals surface area (Å²) in [5.41, 5.74) is 4.30. The highest BCUT2D eigenvalue weighted by atomic mass is 32.2. The van der Waals surface area contributed by atoms with Gasteiger partial charge in [0, 0.05) is 24.3 Å². The zero-order chi connectivity index (χ0) is 29.9. The lowest BCUT2D eigenvalue weighted by atomic mass is 10.0. The number of rotatable bonds is 9. The maximum absolute atomic E-state index is 14.0. The number of aryl methyl sites for hydroxylation is 1. The molecule has 0 spiro atoms. The second-order valence-electron chi connectivity index (χ2n) is 10.5. The largest absolute Gasteiger partial charge is 0.497 e. The third kappa shape index (κ3) is 5.89. The van der Waals surface area contributed by atoms with E-state index in [-0.39, 0.29) is 35.5 Å². The van der Waals surface area contributed by atoms with Crippen molar-refractivity contribution in [2.45, 2.75) is 31.1 Å². The molecular weight excluding hydrogens is 585 g/mol. The molecule has 224 valence electrons. The summed E-state index contributed by atoms with van der Waals surface area (Å²) < 4.78 is 18.9. The Morgan fingerprint density at radius 3 is 2.72 bits per heavy atom. The Hall–Kier alpha value is -3.80. The Kier molecular flexibility index (Phi) is 8.73. The number of carbonyl (C=O) groups is 2. The Balaban J connectivity index is 1.55. The molecule has 2 amide bonds. The third-order valence-electron chi connectivity index (χ3n) is 7.76. The molecule has 0 bridgehead atoms. The zero-order valence-electron chi connectivity index (χ0n) is 24.4. The molecule has 6 rings (SSSR count). The van der Waals surface area contributed by atoms with Gasteiger partial charge in [0.2, 0.25) is 11.8 Å². The lowest BCUT2D eigenvalue weighted by Crippen LogP contribution is -2.44. The number of para-hydroxylation sites is 1. The number of benzene rings is 2. The number of anilines is 1. The maximum atomic E-state index is 14.0. The molecule has 2 atom stereocenters. The average Bonchev–Trinajstić information content (AvgIpc) is 3.80. The molecule has 2 aliphatic heterocycles. The van der Waals surface area contributed by atoms with E-state index < -0.39 is 0 Å². The molecule has 0 aliphatic carbocycles. The fraction of sp³-hybridized carbons (Fsp3) is 0.344. The van der Waals surface area contributed by atoms with E-state index in [1.807, 2.05) is 71.6 Å². The van der Waals surface area contributed by atoms with E-state index in [4.69, 9.17) is 19.3 Å². The summed E-state index contributed by atoms with van der Waals surface area (Å²) >= 11 is 3.08. The fourth-order valence-electron chi connectivity index (χ4n) is 5.61. The number of hydrogen-bond donors (Lipinski definition) is 1. The lowest BCUT2D eigenvalue weighted by molar-refractivity contribution is -0.123. The molecule has 0 unspecified atom stereocenters. The predicted octanol–water partition coefficient (Wildman–Crippen LogP) is 5.39. The first-order valence-corrected chi connectivity index (χ1v) is 16.2. The summed E-state index contributed by atoms with van der Waals surface area (Å²) in [6.07, 6.45) is 1.91. The van der Waals surface area contributed by atoms with Gasteiger partial charge < -0.3 is 19.5 Å². The van der Waals surface area contributed by atoms with Gasteiger partial charge in [-0.2, -0.15) is 5.10 Å². The van der Waals surface area contributed by atoms with Crippen molar-refractivity contribution in [3.8, 4) is 27.8 Å². The second-order valence-corrected chi connectivity index (χ2v) is 12.5. The van der Waals surface area contributed by atoms with Crippen LogP contribution in [-0.4, -0.2) is 67.4 Å². The van der Waals surface area contributed by atoms with Crippen LogP contribution >= 0.6 is 23.1 Å². The van der Waals surface area contributed by atoms with Crippen LogP contribution in [0.4, 0.5) is 5.82 Å². The SMILES string of the molecule is COc1ccc(OC)c([C@@H]2SCC(=O)N(CC(=O)NC[C@@H]3CCCO3)c3c2c(-c2cccs2)nn3-c2ccccc2C)c1. The van der Waals surface area contributed by atoms with Crippen molar-refractivity contribution < 1.29 is 23.8 Å². The zero-order valence-corrected chi connectivity index (χ0v) is 26.0. The van der Waals surface area contributed by atoms with Gasteiger partial charge in [-0.05, 0) is 61.0 Å². The number of aromatic nitrogens is 2. The number of amides is 2. The van der Waals surface area contributed by atoms with E-state index in [9.17, 15) is 9.59 Å². The standard InChI is InChI=1S/C32H34N4O5S2/c1-20-8-4-5-10-24(20)36-32-29(30(34-36)26-11-7-15-42-26)31(23-16-21(39-2)12-13-25(23)40-3)43-19-28(38)35(32)18-27(37)33-17-22-9-6-14-41-22/h4-5,7-8,10-13,15-16,22,31H,6,9,14,17-19H2,1-3H3,(H,33,37)/t22-,31-/m0/s1. The van der Waals surface area contributed by atoms with Crippen LogP contribution in [0.15, 0.2) is 60.0 Å². The minimum atomic E-state index is -0.334. The van der Waals surface area contributed by atoms with Crippen LogP contribution < -0.4 is 19.7 Å². The minimum absolute atomic E-state index is 0.00253. The highest BCUT2D eigenvalue weighted by molar-refractivity contribution is 8.00. The Morgan fingerprint density at radius 1 is 1.14 bits per heavy atom. The molecule has 2 aromatic carbocycles. The smallest absolute Gasteiger partial charge is 0.240 e. The summed E-state index contributed by atoms with van der Waals surface area (Å²) in [6.45, 7) is 3.01. The molecule has 1 saturated heterocycles. The molecule has 4 aromatic rings. The number of carbonyl (C=O) groups excluding carboxylic acids is 2. The number of nitrogens with one attached hydrogen (secondary N) is 1. The van der Waals surface area contributed by atoms with Crippen LogP contribution in [0.2, 0.25) is 0 Å². The first-order valence-electron chi connectivity index (χ1n) is 14.2. The summed E-state index contributed by atoms with van der Waals surface area (Å²) in [6, 6.07) is 17.7. The molecule has 0 radical (unpaired) electrons. The topological polar surface area (TPSA) is 94.9 Å². The van der Waals surface area contributed by atoms with Gasteiger partial charge in [0.05, 0.1) is 41.9 Å². The van der Waals surface area contributed by atoms with Crippen LogP contribution in [0.5, 0.6) is 11.5 Å². The molecule has 43 heavy (non-hydrogen) atoms. The molecule has 0 saturated carbocycles. The normalized spacial score (nSPS) is 18.3. The van der Waals surface area contributed by atoms with Gasteiger partial charge >= 0.3 is 0 Å². The van der Waals surface area contributed by atoms with Crippen molar-refractivity contribution in [1.29, 1.82) is 0 Å². The minimum Gasteiger partial charge on any atom is -0.497 e. The predicted molar refractivity (Wildman–Crippen MR) is 170 cm³/mol. The number of hydrogen-bond acceptors (Lipinski definition) is 8. The molecule has 2 aromatic heterocycles. The monoisotopic (exact) mass is 618 g/mol. The second kappa shape index (κ2) is 12.8. The molecular formula is C32H34N4O5S2. The Labute approximate surface area is 259 Å². The fourth-order valence-corrected chi connectivity index (χ4v) is 7.54. The number of thiophene rings is 1. The summed E-state index contributed by atoms with van der Waals surface area (Å²) in [5, 5.41) is 9.85. The van der Waals surface area contributed by atoms with Gasteiger partial charge in [-0.3, -0.25) is 14.5 Å². The molecule has 9 nitrogen and oxygen atoms in total. The molecule has 4 heterocycles. The van der Waals surface area contributed by atoms with Gasteiger partial charge in [0.15, 0.2) is 0 Å². The van der Waals surface area contributed by atoms with E-state index >= 15 is 0 Å². The van der Waals surface area contributed by atoms with Gasteiger partial charge in [0.1, 0.15) is 29.6 Å². The van der Waals surface area contributed by atoms with Crippen LogP contribution in [0, 0.1) is 6.92 Å². The van der Waals surface area contributed by atoms with Crippen molar-refractivity contribution in [2.24, 2.45) is 0 Å². The molecule has 11 heteroatoms. The van der Waals surface area contributed by atoms with Crippen molar-refractivity contribution in [3.05, 3.63) is 76.7 Å². The summed E-state index contributed by atoms with van der Waals surface area (Å²) in [4.78, 5) is 29.9. The number of fused-ring (bicyclic) bond motifs is 1. The molecule has 1 fully saturated rings. The van der Waals surface area contributed by atoms with E-state index in [1.54, 1.807) is 30.5 Å². The van der Waals surface area contributed by atoms with Crippen molar-refractivity contribution in [2.75, 3.05) is 44.6 Å². The third-order valence-corrected chi connectivity index (χ3v) is 9.87. The van der Waals surface area contributed by atoms with Gasteiger partial charge in [-0.25, -0.2) is 4.68 Å². The van der Waals surface area contributed by atoms with Gasteiger partial charge in [-0.15, -0.1) is 23.1 Å². The van der Waals surface area contributed by atoms with Crippen LogP contribution in [-0.2, 0) is 14.3 Å². The number of methoxy groups -OCH3 is 2. The van der Waals surface area contributed by atoms with Crippen molar-refractivity contribution in [1.82, 2.24) is 15.1 Å². The molecule has 1 N–H and O–H groups in total. The Morgan fingerprint density at radius 2 is 2.00 bits per heavy atom. The highest BCUT2D eigenvalue weighted by Gasteiger charge is 2.39. The molecule has 2 aliphatic rings. The van der Waals surface area contributed by atoms with Crippen LogP contribution in [0.3, 0.4) is 0 Å². The Bertz CT molecular complexity index is 1610. The van der Waals surface area contributed by atoms with Crippen LogP contribution in [0.1, 0.15) is 34.8 Å². The van der Waals surface area contributed by atoms with E-state index in [0.717, 1.165) is 45.8 Å². The first kappa shape index (κ1) is 29.3. The number of ether oxygens (including phenoxy) is 3. The van der Waals surface area contributed by atoms with Crippen LogP contribution in [0.25, 0.3) is 16.3 Å². The van der Waals surface area contributed by atoms with E-state index in [0.29, 0.717) is 30.5 Å². The van der Waals surface area contributed by atoms with Gasteiger partial charge in [-0.1, -0.05) is 24.3 Å². The van der Waals surface area contributed by atoms with Crippen molar-refractivity contribution >= 4 is 40.7 Å². The lowest BCUT2D eigenvalue weighted by Gasteiger charge is -2.24. The quantitative estimate of drug-likeness (QED) is 0.269. The van der Waals surface area contributed by atoms with Crippen molar-refractivity contribution in [3.63, 3.8) is 0 Å². The average molecular weight is 619 g/mol. The summed E-state index contributed by atoms with van der Waals surface area (Å²) in [7, 11) is 3.27. The maximum Gasteiger partial charge on any atom is 0.240 e. The number of nitrogens with zero attached hydrogens (tertiary/aromatic N) is 3. The van der Waals surface area contributed by atoms with E-state index in [1.165, 1.54) is 11.8 Å². The van der Waals surface area contributed by atoms with E-state index in [2.05, 4.69) is 5.32 Å². The van der Waals surface area contributed by atoms with Gasteiger partial charge in [0.25, 0.3) is 0 Å². The highest BCUT2D eigenvalue weighted by Crippen LogP contribution is 2.51. The first-order chi connectivity index (χ1) is 21.0.